The van der Waals surface area contributed by atoms with Crippen LogP contribution in [-0.4, -0.2) is 13.1 Å². The zero-order chi connectivity index (χ0) is 4.12. The van der Waals surface area contributed by atoms with Crippen LogP contribution >= 0.6 is 0 Å². The summed E-state index contributed by atoms with van der Waals surface area (Å²) in [5.74, 6) is 0. The fraction of sp³-hybridized carbons (Fsp3) is 0. The van der Waals surface area contributed by atoms with Crippen molar-refractivity contribution >= 4 is 13.1 Å². The van der Waals surface area contributed by atoms with Gasteiger partial charge in [0.15, 0.2) is 0 Å². The molecule has 3 heteroatoms. The third-order valence-electron chi connectivity index (χ3n) is 0.118. The van der Waals surface area contributed by atoms with Crippen molar-refractivity contribution in [1.82, 2.24) is 0 Å². The van der Waals surface area contributed by atoms with E-state index in [0.717, 1.165) is 0 Å². The van der Waals surface area contributed by atoms with Crippen LogP contribution in [0.3, 0.4) is 0 Å². The van der Waals surface area contributed by atoms with Gasteiger partial charge in [-0.2, -0.15) is 9.57 Å². The second-order valence-corrected chi connectivity index (χ2v) is 0.384. The SMILES string of the molecule is C=NC=[O+][O-]. The lowest BCUT2D eigenvalue weighted by atomic mass is 11.4. The van der Waals surface area contributed by atoms with Crippen molar-refractivity contribution in [3.8, 4) is 0 Å². The highest BCUT2D eigenvalue weighted by molar-refractivity contribution is 5.55. The Morgan fingerprint density at radius 2 is 2.60 bits per heavy atom. The first-order chi connectivity index (χ1) is 2.41. The standard InChI is InChI=1S/C2H3NO2/c1-3-2-5-4/h2H,1H2. The van der Waals surface area contributed by atoms with Gasteiger partial charge in [-0.3, -0.25) is 0 Å². The lowest BCUT2D eigenvalue weighted by Crippen LogP contribution is -1.94. The van der Waals surface area contributed by atoms with E-state index in [-0.39, 0.29) is 0 Å². The zero-order valence-corrected chi connectivity index (χ0v) is 2.55. The van der Waals surface area contributed by atoms with Gasteiger partial charge in [-0.05, 0) is 6.72 Å². The molecule has 0 heterocycles. The van der Waals surface area contributed by atoms with Gasteiger partial charge in [-0.25, -0.2) is 0 Å². The molecule has 0 fully saturated rings. The van der Waals surface area contributed by atoms with E-state index in [1.807, 2.05) is 0 Å². The van der Waals surface area contributed by atoms with Crippen LogP contribution in [0.4, 0.5) is 0 Å². The molecule has 0 aromatic heterocycles. The number of hydrogen-bond acceptors (Lipinski definition) is 1. The number of hydrogen-bond donors (Lipinski definition) is 0. The molecule has 0 radical (unpaired) electrons. The molecule has 0 N–H and O–H groups in total. The molecule has 28 valence electrons. The Bertz CT molecular complexity index is 49.6. The Labute approximate surface area is 29.2 Å². The van der Waals surface area contributed by atoms with E-state index in [1.165, 1.54) is 0 Å². The van der Waals surface area contributed by atoms with Gasteiger partial charge >= 0.3 is 6.41 Å². The molecule has 0 aliphatic carbocycles. The molecule has 0 aromatic rings. The Balaban J connectivity index is 2.92. The van der Waals surface area contributed by atoms with E-state index in [9.17, 15) is 0 Å². The summed E-state index contributed by atoms with van der Waals surface area (Å²) in [5, 5.41) is 8.84. The third kappa shape index (κ3) is 3.14. The Morgan fingerprint density at radius 1 is 2.00 bits per heavy atom. The second kappa shape index (κ2) is 3.14. The Hall–Kier alpha value is -0.860. The Morgan fingerprint density at radius 3 is 2.60 bits per heavy atom. The number of amides is 1. The summed E-state index contributed by atoms with van der Waals surface area (Å²) in [4.78, 5) is 2.94. The minimum absolute atomic E-state index is 0.708. The summed E-state index contributed by atoms with van der Waals surface area (Å²) in [6.07, 6.45) is 0.708. The smallest absolute Gasteiger partial charge is 0.437 e. The average molecular weight is 73.1 g/mol. The van der Waals surface area contributed by atoms with E-state index < -0.39 is 0 Å². The summed E-state index contributed by atoms with van der Waals surface area (Å²) in [6.45, 7) is 2.92. The van der Waals surface area contributed by atoms with Crippen LogP contribution in [0.25, 0.3) is 0 Å². The quantitative estimate of drug-likeness (QED) is 0.124. The van der Waals surface area contributed by atoms with Crippen LogP contribution in [0.1, 0.15) is 0 Å². The van der Waals surface area contributed by atoms with E-state index in [4.69, 9.17) is 5.26 Å². The maximum atomic E-state index is 8.84. The third-order valence-corrected chi connectivity index (χ3v) is 0.118. The van der Waals surface area contributed by atoms with Gasteiger partial charge in [-0.1, -0.05) is 0 Å². The molecule has 0 bridgehead atoms. The van der Waals surface area contributed by atoms with Crippen molar-refractivity contribution in [3.05, 3.63) is 0 Å². The highest BCUT2D eigenvalue weighted by Crippen LogP contribution is 1.35. The fourth-order valence-electron chi connectivity index (χ4n) is 0.0304. The molecule has 3 nitrogen and oxygen atoms in total. The van der Waals surface area contributed by atoms with Crippen molar-refractivity contribution in [2.75, 3.05) is 0 Å². The molecule has 0 aliphatic rings. The molecule has 1 amide bonds. The molecule has 0 spiro atoms. The maximum absolute atomic E-state index is 8.84. The minimum atomic E-state index is 0.708. The highest BCUT2D eigenvalue weighted by atomic mass is 17.1. The van der Waals surface area contributed by atoms with Crippen LogP contribution in [0.2, 0.25) is 0 Å². The van der Waals surface area contributed by atoms with Gasteiger partial charge in [0.2, 0.25) is 0 Å². The summed E-state index contributed by atoms with van der Waals surface area (Å²) in [6, 6.07) is 0. The highest BCUT2D eigenvalue weighted by Gasteiger charge is 1.56. The van der Waals surface area contributed by atoms with Gasteiger partial charge in [0.05, 0.1) is 0 Å². The summed E-state index contributed by atoms with van der Waals surface area (Å²) in [5.41, 5.74) is 0. The molecular weight excluding hydrogens is 70.0 g/mol. The molecule has 0 saturated carbocycles. The van der Waals surface area contributed by atoms with Crippen LogP contribution in [0, 0.1) is 0 Å². The van der Waals surface area contributed by atoms with Gasteiger partial charge in [0.1, 0.15) is 0 Å². The van der Waals surface area contributed by atoms with E-state index >= 15 is 0 Å². The van der Waals surface area contributed by atoms with E-state index in [2.05, 4.69) is 16.3 Å². The lowest BCUT2D eigenvalue weighted by molar-refractivity contribution is -1.04. The van der Waals surface area contributed by atoms with Crippen LogP contribution < -0.4 is 5.26 Å². The first kappa shape index (κ1) is 4.14. The van der Waals surface area contributed by atoms with Crippen molar-refractivity contribution in [2.24, 2.45) is 4.99 Å². The molecule has 0 rings (SSSR count). The number of rotatable bonds is 1. The molecular formula is C2H3NO2. The van der Waals surface area contributed by atoms with Crippen molar-refractivity contribution < 1.29 is 9.83 Å². The maximum Gasteiger partial charge on any atom is 0.437 e. The monoisotopic (exact) mass is 73.0 g/mol. The number of nitrogens with zero attached hydrogens (tertiary/aromatic N) is 1. The van der Waals surface area contributed by atoms with E-state index in [0.29, 0.717) is 6.41 Å². The number of carbonyl (C=O) groups excluding carboxylic acids is 1. The van der Waals surface area contributed by atoms with Crippen LogP contribution in [-0.2, 0) is 4.58 Å². The van der Waals surface area contributed by atoms with Crippen LogP contribution in [0.15, 0.2) is 4.99 Å². The lowest BCUT2D eigenvalue weighted by Gasteiger charge is -1.55. The predicted octanol–water partition coefficient (Wildman–Crippen LogP) is -1.35. The second-order valence-electron chi connectivity index (χ2n) is 0.384. The van der Waals surface area contributed by atoms with E-state index in [1.54, 1.807) is 0 Å². The van der Waals surface area contributed by atoms with Crippen molar-refractivity contribution in [1.29, 1.82) is 0 Å². The van der Waals surface area contributed by atoms with Gasteiger partial charge < -0.3 is 5.26 Å². The van der Waals surface area contributed by atoms with Gasteiger partial charge in [0.25, 0.3) is 0 Å². The molecule has 0 saturated heterocycles. The van der Waals surface area contributed by atoms with Crippen LogP contribution in [0.5, 0.6) is 0 Å². The summed E-state index contributed by atoms with van der Waals surface area (Å²) >= 11 is 0. The summed E-state index contributed by atoms with van der Waals surface area (Å²) in [7, 11) is 0. The van der Waals surface area contributed by atoms with Gasteiger partial charge in [0, 0.05) is 0 Å². The molecule has 0 unspecified atom stereocenters. The molecule has 0 aliphatic heterocycles. The zero-order valence-electron chi connectivity index (χ0n) is 2.55. The Kier molecular flexibility index (Phi) is 2.60. The number of aliphatic imine (C=N–C) groups is 1. The average Bonchev–Trinajstić information content (AvgIpc) is 1.41. The van der Waals surface area contributed by atoms with Gasteiger partial charge in [-0.15, -0.1) is 0 Å². The van der Waals surface area contributed by atoms with Crippen molar-refractivity contribution in [2.45, 2.75) is 0 Å². The largest absolute Gasteiger partial charge is 0.461 e. The normalized spacial score (nSPS) is 8.80. The topological polar surface area (TPSA) is 46.7 Å². The first-order valence-electron chi connectivity index (χ1n) is 0.977. The predicted molar refractivity (Wildman–Crippen MR) is 15.6 cm³/mol. The molecule has 0 atom stereocenters. The van der Waals surface area contributed by atoms with Crippen molar-refractivity contribution in [3.63, 3.8) is 0 Å². The summed E-state index contributed by atoms with van der Waals surface area (Å²) < 4.78 is 3.09. The molecule has 5 heavy (non-hydrogen) atoms. The molecule has 0 aromatic carbocycles. The first-order valence-corrected chi connectivity index (χ1v) is 0.977. The fourth-order valence-corrected chi connectivity index (χ4v) is 0.0304. The minimum Gasteiger partial charge on any atom is -0.461 e.